The van der Waals surface area contributed by atoms with E-state index in [1.54, 1.807) is 7.85 Å². The van der Waals surface area contributed by atoms with Gasteiger partial charge in [-0.2, -0.15) is 13.2 Å². The van der Waals surface area contributed by atoms with Gasteiger partial charge in [0.1, 0.15) is 13.7 Å². The second-order valence-electron chi connectivity index (χ2n) is 2.65. The lowest BCUT2D eigenvalue weighted by Gasteiger charge is -2.11. The van der Waals surface area contributed by atoms with Crippen molar-refractivity contribution in [3.63, 3.8) is 0 Å². The van der Waals surface area contributed by atoms with Gasteiger partial charge in [-0.1, -0.05) is 12.4 Å². The Balaban J connectivity index is 3.24. The number of benzene rings is 1. The Kier molecular flexibility index (Phi) is 2.64. The van der Waals surface area contributed by atoms with E-state index in [0.29, 0.717) is 6.07 Å². The Labute approximate surface area is 74.0 Å². The van der Waals surface area contributed by atoms with Crippen LogP contribution in [0, 0.1) is 5.82 Å². The maximum Gasteiger partial charge on any atom is 0.416 e. The monoisotopic (exact) mass is 190 g/mol. The Bertz CT molecular complexity index is 306. The summed E-state index contributed by atoms with van der Waals surface area (Å²) in [5.74, 6) is -0.857. The van der Waals surface area contributed by atoms with Gasteiger partial charge in [0.15, 0.2) is 0 Å². The van der Waals surface area contributed by atoms with Crippen molar-refractivity contribution in [3.8, 4) is 0 Å². The van der Waals surface area contributed by atoms with Gasteiger partial charge in [0.2, 0.25) is 0 Å². The summed E-state index contributed by atoms with van der Waals surface area (Å²) in [7, 11) is 1.60. The van der Waals surface area contributed by atoms with Crippen molar-refractivity contribution in [3.05, 3.63) is 35.1 Å². The van der Waals surface area contributed by atoms with Crippen molar-refractivity contribution >= 4 is 7.85 Å². The second kappa shape index (κ2) is 3.40. The van der Waals surface area contributed by atoms with E-state index in [4.69, 9.17) is 0 Å². The zero-order valence-corrected chi connectivity index (χ0v) is 6.95. The lowest BCUT2D eigenvalue weighted by molar-refractivity contribution is -0.138. The maximum absolute atomic E-state index is 12.5. The van der Waals surface area contributed by atoms with Crippen molar-refractivity contribution < 1.29 is 17.6 Å². The van der Waals surface area contributed by atoms with Crippen molar-refractivity contribution in [2.45, 2.75) is 12.5 Å². The summed E-state index contributed by atoms with van der Waals surface area (Å²) >= 11 is 0. The molecule has 0 aliphatic rings. The van der Waals surface area contributed by atoms with E-state index in [0.717, 1.165) is 12.1 Å². The van der Waals surface area contributed by atoms with Gasteiger partial charge in [0.25, 0.3) is 0 Å². The summed E-state index contributed by atoms with van der Waals surface area (Å²) in [5.41, 5.74) is -0.760. The summed E-state index contributed by atoms with van der Waals surface area (Å²) in [6.45, 7) is 0. The number of alkyl halides is 3. The number of rotatable bonds is 1. The van der Waals surface area contributed by atoms with Gasteiger partial charge in [-0.15, -0.1) is 0 Å². The standard InChI is InChI=1S/C8H7BF4/c9-4-5-1-2-6(10)3-7(5)8(11,12)13/h1-3H,4,9H2. The van der Waals surface area contributed by atoms with Crippen LogP contribution >= 0.6 is 0 Å². The molecule has 0 nitrogen and oxygen atoms in total. The van der Waals surface area contributed by atoms with Gasteiger partial charge in [0.05, 0.1) is 5.56 Å². The fourth-order valence-corrected chi connectivity index (χ4v) is 1.12. The average Bonchev–Trinajstić information content (AvgIpc) is 2.03. The molecule has 0 heterocycles. The van der Waals surface area contributed by atoms with Crippen LogP contribution in [-0.4, -0.2) is 7.85 Å². The van der Waals surface area contributed by atoms with Crippen LogP contribution in [0.4, 0.5) is 17.6 Å². The third-order valence-electron chi connectivity index (χ3n) is 1.76. The third kappa shape index (κ3) is 2.23. The molecule has 0 bridgehead atoms. The molecule has 5 heteroatoms. The van der Waals surface area contributed by atoms with Gasteiger partial charge < -0.3 is 0 Å². The number of hydrogen-bond acceptors (Lipinski definition) is 0. The Morgan fingerprint density at radius 1 is 1.23 bits per heavy atom. The van der Waals surface area contributed by atoms with E-state index < -0.39 is 17.6 Å². The molecule has 0 unspecified atom stereocenters. The number of hydrogen-bond donors (Lipinski definition) is 0. The molecule has 0 atom stereocenters. The predicted molar refractivity (Wildman–Crippen MR) is 43.7 cm³/mol. The SMILES string of the molecule is BCc1ccc(F)cc1C(F)(F)F. The zero-order valence-electron chi connectivity index (χ0n) is 6.95. The fraction of sp³-hybridized carbons (Fsp3) is 0.250. The van der Waals surface area contributed by atoms with Gasteiger partial charge >= 0.3 is 6.18 Å². The lowest BCUT2D eigenvalue weighted by Crippen LogP contribution is -2.09. The molecule has 0 aliphatic carbocycles. The van der Waals surface area contributed by atoms with Crippen molar-refractivity contribution in [1.82, 2.24) is 0 Å². The van der Waals surface area contributed by atoms with E-state index in [1.807, 2.05) is 0 Å². The summed E-state index contributed by atoms with van der Waals surface area (Å²) in [4.78, 5) is 0. The predicted octanol–water partition coefficient (Wildman–Crippen LogP) is 1.98. The van der Waals surface area contributed by atoms with Crippen LogP contribution in [-0.2, 0) is 12.5 Å². The first-order valence-electron chi connectivity index (χ1n) is 3.80. The lowest BCUT2D eigenvalue weighted by atomic mass is 9.93. The zero-order chi connectivity index (χ0) is 10.1. The Morgan fingerprint density at radius 2 is 1.85 bits per heavy atom. The van der Waals surface area contributed by atoms with Gasteiger partial charge in [-0.05, 0) is 17.7 Å². The molecule has 0 saturated heterocycles. The normalized spacial score (nSPS) is 11.7. The summed E-state index contributed by atoms with van der Waals surface area (Å²) < 4.78 is 49.3. The van der Waals surface area contributed by atoms with Gasteiger partial charge in [0, 0.05) is 0 Å². The minimum absolute atomic E-state index is 0.119. The molecule has 0 radical (unpaired) electrons. The third-order valence-corrected chi connectivity index (χ3v) is 1.76. The molecule has 0 amide bonds. The van der Waals surface area contributed by atoms with Crippen molar-refractivity contribution in [2.24, 2.45) is 0 Å². The van der Waals surface area contributed by atoms with Crippen LogP contribution in [0.5, 0.6) is 0 Å². The van der Waals surface area contributed by atoms with E-state index >= 15 is 0 Å². The van der Waals surface area contributed by atoms with Crippen molar-refractivity contribution in [1.29, 1.82) is 0 Å². The molecule has 0 aromatic heterocycles. The summed E-state index contributed by atoms with van der Waals surface area (Å²) in [5, 5.41) is 0. The Morgan fingerprint density at radius 3 is 2.31 bits per heavy atom. The van der Waals surface area contributed by atoms with E-state index in [1.165, 1.54) is 0 Å². The highest BCUT2D eigenvalue weighted by atomic mass is 19.4. The van der Waals surface area contributed by atoms with E-state index in [-0.39, 0.29) is 11.9 Å². The molecule has 0 spiro atoms. The highest BCUT2D eigenvalue weighted by Gasteiger charge is 2.33. The molecular formula is C8H7BF4. The number of halogens is 4. The molecule has 13 heavy (non-hydrogen) atoms. The van der Waals surface area contributed by atoms with Crippen LogP contribution < -0.4 is 0 Å². The van der Waals surface area contributed by atoms with Crippen LogP contribution in [0.2, 0.25) is 0 Å². The highest BCUT2D eigenvalue weighted by Crippen LogP contribution is 2.32. The summed E-state index contributed by atoms with van der Waals surface area (Å²) in [6.07, 6.45) is -4.22. The fourth-order valence-electron chi connectivity index (χ4n) is 1.12. The molecule has 1 rings (SSSR count). The molecule has 0 aliphatic heterocycles. The summed E-state index contributed by atoms with van der Waals surface area (Å²) in [6, 6.07) is 2.73. The van der Waals surface area contributed by atoms with E-state index in [9.17, 15) is 17.6 Å². The van der Waals surface area contributed by atoms with Crippen molar-refractivity contribution in [2.75, 3.05) is 0 Å². The minimum Gasteiger partial charge on any atom is -0.207 e. The molecule has 70 valence electrons. The second-order valence-corrected chi connectivity index (χ2v) is 2.65. The van der Waals surface area contributed by atoms with Gasteiger partial charge in [-0.25, -0.2) is 4.39 Å². The van der Waals surface area contributed by atoms with Gasteiger partial charge in [-0.3, -0.25) is 0 Å². The molecular weight excluding hydrogens is 183 g/mol. The molecule has 0 saturated carbocycles. The molecule has 0 N–H and O–H groups in total. The smallest absolute Gasteiger partial charge is 0.207 e. The minimum atomic E-state index is -4.46. The average molecular weight is 190 g/mol. The first-order valence-corrected chi connectivity index (χ1v) is 3.80. The molecule has 1 aromatic rings. The van der Waals surface area contributed by atoms with Crippen LogP contribution in [0.25, 0.3) is 0 Å². The molecule has 0 fully saturated rings. The first-order chi connectivity index (χ1) is 5.95. The van der Waals surface area contributed by atoms with Crippen LogP contribution in [0.15, 0.2) is 18.2 Å². The quantitative estimate of drug-likeness (QED) is 0.469. The maximum atomic E-state index is 12.5. The largest absolute Gasteiger partial charge is 0.416 e. The van der Waals surface area contributed by atoms with Crippen LogP contribution in [0.1, 0.15) is 11.1 Å². The highest BCUT2D eigenvalue weighted by molar-refractivity contribution is 6.08. The Hall–Kier alpha value is -0.995. The topological polar surface area (TPSA) is 0 Å². The molecule has 1 aromatic carbocycles. The van der Waals surface area contributed by atoms with Crippen LogP contribution in [0.3, 0.4) is 0 Å². The first kappa shape index (κ1) is 10.1. The van der Waals surface area contributed by atoms with E-state index in [2.05, 4.69) is 0 Å².